The number of rotatable bonds is 13. The third kappa shape index (κ3) is 6.42. The molecule has 13 heteroatoms. The Kier molecular flexibility index (Phi) is 9.17. The van der Waals surface area contributed by atoms with E-state index in [9.17, 15) is 17.6 Å². The van der Waals surface area contributed by atoms with Crippen molar-refractivity contribution in [3.8, 4) is 0 Å². The highest BCUT2D eigenvalue weighted by molar-refractivity contribution is 7.89. The first-order chi connectivity index (χ1) is 18.3. The minimum absolute atomic E-state index is 0.0554. The van der Waals surface area contributed by atoms with Crippen LogP contribution < -0.4 is 4.90 Å². The highest BCUT2D eigenvalue weighted by atomic mass is 32.2. The van der Waals surface area contributed by atoms with E-state index >= 15 is 0 Å². The topological polar surface area (TPSA) is 107 Å². The van der Waals surface area contributed by atoms with E-state index < -0.39 is 10.0 Å². The Morgan fingerprint density at radius 3 is 2.39 bits per heavy atom. The smallest absolute Gasteiger partial charge is 0.260 e. The molecule has 10 nitrogen and oxygen atoms in total. The number of hydrogen-bond donors (Lipinski definition) is 0. The second-order valence-corrected chi connectivity index (χ2v) is 11.2. The van der Waals surface area contributed by atoms with E-state index in [-0.39, 0.29) is 55.0 Å². The third-order valence-electron chi connectivity index (χ3n) is 5.76. The average Bonchev–Trinajstić information content (AvgIpc) is 3.58. The minimum Gasteiger partial charge on any atom is -0.383 e. The summed E-state index contributed by atoms with van der Waals surface area (Å²) in [6.45, 7) is 1.46. The molecule has 0 aliphatic rings. The molecule has 0 saturated heterocycles. The zero-order valence-corrected chi connectivity index (χ0v) is 22.6. The number of aromatic nitrogens is 3. The van der Waals surface area contributed by atoms with Gasteiger partial charge in [0.2, 0.25) is 10.0 Å². The first-order valence-corrected chi connectivity index (χ1v) is 14.0. The molecular weight excluding hydrogens is 533 g/mol. The number of halogens is 1. The van der Waals surface area contributed by atoms with Crippen LogP contribution in [0.5, 0.6) is 0 Å². The van der Waals surface area contributed by atoms with Gasteiger partial charge in [0.15, 0.2) is 5.13 Å². The first kappa shape index (κ1) is 27.8. The number of nitrogens with zero attached hydrogens (tertiary/aromatic N) is 5. The second kappa shape index (κ2) is 12.5. The van der Waals surface area contributed by atoms with Crippen molar-refractivity contribution < 1.29 is 27.1 Å². The summed E-state index contributed by atoms with van der Waals surface area (Å²) in [7, 11) is -0.828. The molecule has 0 radical (unpaired) electrons. The van der Waals surface area contributed by atoms with Gasteiger partial charge < -0.3 is 9.47 Å². The van der Waals surface area contributed by atoms with E-state index in [0.717, 1.165) is 0 Å². The van der Waals surface area contributed by atoms with E-state index in [4.69, 9.17) is 9.47 Å². The van der Waals surface area contributed by atoms with E-state index in [0.29, 0.717) is 21.9 Å². The Balaban J connectivity index is 1.61. The van der Waals surface area contributed by atoms with Crippen LogP contribution in [0.2, 0.25) is 0 Å². The Labute approximate surface area is 224 Å². The normalized spacial score (nSPS) is 11.9. The zero-order chi connectivity index (χ0) is 27.1. The van der Waals surface area contributed by atoms with Crippen LogP contribution in [0.25, 0.3) is 10.2 Å². The summed E-state index contributed by atoms with van der Waals surface area (Å²) in [6, 6.07) is 11.8. The van der Waals surface area contributed by atoms with Crippen LogP contribution in [0.15, 0.2) is 65.8 Å². The number of fused-ring (bicyclic) bond motifs is 1. The number of methoxy groups -OCH3 is 2. The number of ether oxygens (including phenoxy) is 2. The summed E-state index contributed by atoms with van der Waals surface area (Å²) in [6.07, 6.45) is 3.43. The van der Waals surface area contributed by atoms with Gasteiger partial charge in [0.25, 0.3) is 5.91 Å². The minimum atomic E-state index is -3.83. The van der Waals surface area contributed by atoms with Crippen LogP contribution in [-0.4, -0.2) is 80.5 Å². The van der Waals surface area contributed by atoms with Crippen LogP contribution >= 0.6 is 11.3 Å². The van der Waals surface area contributed by atoms with Gasteiger partial charge in [0, 0.05) is 51.8 Å². The highest BCUT2D eigenvalue weighted by Gasteiger charge is 2.26. The van der Waals surface area contributed by atoms with Crippen molar-refractivity contribution in [3.63, 3.8) is 0 Å². The van der Waals surface area contributed by atoms with Crippen molar-refractivity contribution in [2.45, 2.75) is 11.4 Å². The summed E-state index contributed by atoms with van der Waals surface area (Å²) >= 11 is 1.20. The van der Waals surface area contributed by atoms with Gasteiger partial charge in [0.1, 0.15) is 5.82 Å². The molecule has 0 atom stereocenters. The lowest BCUT2D eigenvalue weighted by molar-refractivity contribution is 0.0985. The lowest BCUT2D eigenvalue weighted by Crippen LogP contribution is -2.36. The average molecular weight is 562 g/mol. The SMILES string of the molecule is COCCN(CCOC)S(=O)(=O)c1ccc(C(=O)N(CCn2cccn2)c2nc3ccc(F)cc3s2)cc1. The highest BCUT2D eigenvalue weighted by Crippen LogP contribution is 2.30. The predicted octanol–water partition coefficient (Wildman–Crippen LogP) is 3.26. The molecule has 0 N–H and O–H groups in total. The van der Waals surface area contributed by atoms with E-state index in [1.165, 1.54) is 71.2 Å². The lowest BCUT2D eigenvalue weighted by Gasteiger charge is -2.22. The summed E-state index contributed by atoms with van der Waals surface area (Å²) in [4.78, 5) is 19.7. The number of thiazole rings is 1. The van der Waals surface area contributed by atoms with Crippen molar-refractivity contribution >= 4 is 42.6 Å². The Morgan fingerprint density at radius 1 is 1.05 bits per heavy atom. The van der Waals surface area contributed by atoms with Gasteiger partial charge in [-0.1, -0.05) is 11.3 Å². The summed E-state index contributed by atoms with van der Waals surface area (Å²) in [5.41, 5.74) is 0.868. The lowest BCUT2D eigenvalue weighted by atomic mass is 10.2. The number of anilines is 1. The van der Waals surface area contributed by atoms with Crippen LogP contribution in [0.1, 0.15) is 10.4 Å². The maximum Gasteiger partial charge on any atom is 0.260 e. The van der Waals surface area contributed by atoms with Gasteiger partial charge in [-0.2, -0.15) is 9.40 Å². The molecule has 38 heavy (non-hydrogen) atoms. The van der Waals surface area contributed by atoms with Crippen LogP contribution in [-0.2, 0) is 26.0 Å². The maximum atomic E-state index is 13.8. The van der Waals surface area contributed by atoms with Gasteiger partial charge >= 0.3 is 0 Å². The molecule has 0 saturated carbocycles. The van der Waals surface area contributed by atoms with Crippen molar-refractivity contribution in [1.82, 2.24) is 19.1 Å². The zero-order valence-electron chi connectivity index (χ0n) is 21.0. The van der Waals surface area contributed by atoms with Crippen molar-refractivity contribution in [2.24, 2.45) is 0 Å². The van der Waals surface area contributed by atoms with Crippen LogP contribution in [0, 0.1) is 5.82 Å². The molecule has 0 fully saturated rings. The largest absolute Gasteiger partial charge is 0.383 e. The first-order valence-electron chi connectivity index (χ1n) is 11.8. The molecule has 2 heterocycles. The van der Waals surface area contributed by atoms with Crippen molar-refractivity contribution in [3.05, 3.63) is 72.3 Å². The number of hydrogen-bond acceptors (Lipinski definition) is 8. The number of benzene rings is 2. The molecule has 4 rings (SSSR count). The molecule has 0 spiro atoms. The van der Waals surface area contributed by atoms with E-state index in [2.05, 4.69) is 10.1 Å². The molecule has 4 aromatic rings. The molecular formula is C25H28FN5O5S2. The molecule has 2 aromatic carbocycles. The number of amides is 1. The second-order valence-electron chi connectivity index (χ2n) is 8.25. The van der Waals surface area contributed by atoms with E-state index in [1.807, 2.05) is 0 Å². The van der Waals surface area contributed by atoms with Gasteiger partial charge in [-0.15, -0.1) is 0 Å². The van der Waals surface area contributed by atoms with Crippen molar-refractivity contribution in [2.75, 3.05) is 52.0 Å². The fourth-order valence-electron chi connectivity index (χ4n) is 3.73. The number of carbonyl (C=O) groups is 1. The summed E-state index contributed by atoms with van der Waals surface area (Å²) < 4.78 is 53.9. The number of sulfonamides is 1. The van der Waals surface area contributed by atoms with Gasteiger partial charge in [0.05, 0.1) is 34.9 Å². The third-order valence-corrected chi connectivity index (χ3v) is 8.71. The predicted molar refractivity (Wildman–Crippen MR) is 142 cm³/mol. The van der Waals surface area contributed by atoms with Gasteiger partial charge in [-0.05, 0) is 48.5 Å². The quantitative estimate of drug-likeness (QED) is 0.247. The number of carbonyl (C=O) groups excluding carboxylic acids is 1. The van der Waals surface area contributed by atoms with Crippen molar-refractivity contribution in [1.29, 1.82) is 0 Å². The molecule has 0 aliphatic carbocycles. The maximum absolute atomic E-state index is 13.8. The molecule has 1 amide bonds. The van der Waals surface area contributed by atoms with Crippen LogP contribution in [0.4, 0.5) is 9.52 Å². The monoisotopic (exact) mass is 561 g/mol. The Morgan fingerprint density at radius 2 is 1.76 bits per heavy atom. The standard InChI is InChI=1S/C25H28FN5O5S2/c1-35-16-14-30(15-17-36-2)38(33,34)21-7-4-19(5-8-21)24(32)31(13-12-29-11-3-10-27-29)25-28-22-9-6-20(26)18-23(22)37-25/h3-11,18H,12-17H2,1-2H3. The fraction of sp³-hybridized carbons (Fsp3) is 0.320. The van der Waals surface area contributed by atoms with Gasteiger partial charge in [-0.3, -0.25) is 14.4 Å². The molecule has 0 bridgehead atoms. The summed E-state index contributed by atoms with van der Waals surface area (Å²) in [5, 5.41) is 4.60. The Hall–Kier alpha value is -3.23. The molecule has 0 aliphatic heterocycles. The Bertz CT molecular complexity index is 1450. The fourth-order valence-corrected chi connectivity index (χ4v) is 6.16. The molecule has 0 unspecified atom stereocenters. The van der Waals surface area contributed by atoms with E-state index in [1.54, 1.807) is 29.2 Å². The molecule has 2 aromatic heterocycles. The van der Waals surface area contributed by atoms with Crippen LogP contribution in [0.3, 0.4) is 0 Å². The summed E-state index contributed by atoms with van der Waals surface area (Å²) in [5.74, 6) is -0.750. The molecule has 202 valence electrons. The van der Waals surface area contributed by atoms with Gasteiger partial charge in [-0.25, -0.2) is 17.8 Å².